The molecule has 19 heavy (non-hydrogen) atoms. The van der Waals surface area contributed by atoms with Gasteiger partial charge >= 0.3 is 12.1 Å². The van der Waals surface area contributed by atoms with Crippen molar-refractivity contribution in [3.8, 4) is 0 Å². The number of hydrogen-bond donors (Lipinski definition) is 5. The molecule has 0 aliphatic rings. The highest BCUT2D eigenvalue weighted by Crippen LogP contribution is 2.29. The van der Waals surface area contributed by atoms with E-state index in [1.807, 2.05) is 0 Å². The summed E-state index contributed by atoms with van der Waals surface area (Å²) in [6.45, 7) is 0. The smallest absolute Gasteiger partial charge is 0.335 e. The van der Waals surface area contributed by atoms with Crippen LogP contribution in [0.4, 0.5) is 26.9 Å². The van der Waals surface area contributed by atoms with Crippen LogP contribution in [-0.4, -0.2) is 28.4 Å². The minimum absolute atomic E-state index is 0.208. The minimum atomic E-state index is -1.05. The van der Waals surface area contributed by atoms with Gasteiger partial charge < -0.3 is 16.8 Å². The highest BCUT2D eigenvalue weighted by molar-refractivity contribution is 6.00. The highest BCUT2D eigenvalue weighted by atomic mass is 16.2. The Labute approximate surface area is 106 Å². The van der Waals surface area contributed by atoms with Crippen LogP contribution >= 0.6 is 0 Å². The predicted octanol–water partition coefficient (Wildman–Crippen LogP) is -2.44. The Morgan fingerprint density at radius 2 is 1.53 bits per heavy atom. The van der Waals surface area contributed by atoms with Crippen LogP contribution in [0.15, 0.2) is 6.33 Å². The van der Waals surface area contributed by atoms with Crippen molar-refractivity contribution in [2.24, 2.45) is 23.2 Å². The highest BCUT2D eigenvalue weighted by Gasteiger charge is 2.22. The standard InChI is InChI=1S/C7H11N9O3/c8-6(18)15(10)4-3(14-2-17)5(13-1-12-4)16(11)7(9)19/h1-2H,10-11H2,(H2,8,18)(H2,9,19)(H,14,17). The molecule has 12 nitrogen and oxygen atoms in total. The van der Waals surface area contributed by atoms with Crippen molar-refractivity contribution in [1.29, 1.82) is 0 Å². The number of hydrogen-bond acceptors (Lipinski definition) is 7. The molecule has 0 saturated carbocycles. The number of anilines is 3. The maximum absolute atomic E-state index is 11.0. The number of amides is 5. The molecule has 1 heterocycles. The van der Waals surface area contributed by atoms with E-state index in [2.05, 4.69) is 15.3 Å². The summed E-state index contributed by atoms with van der Waals surface area (Å²) in [7, 11) is 0. The first-order chi connectivity index (χ1) is 8.90. The molecule has 0 bridgehead atoms. The summed E-state index contributed by atoms with van der Waals surface area (Å²) in [5.41, 5.74) is 9.73. The molecule has 0 fully saturated rings. The molecule has 0 aliphatic carbocycles. The summed E-state index contributed by atoms with van der Waals surface area (Å²) in [6, 6.07) is -2.11. The average molecular weight is 269 g/mol. The fourth-order valence-electron chi connectivity index (χ4n) is 1.13. The zero-order valence-electron chi connectivity index (χ0n) is 9.48. The van der Waals surface area contributed by atoms with E-state index in [-0.39, 0.29) is 23.7 Å². The number of nitrogens with zero attached hydrogens (tertiary/aromatic N) is 4. The molecule has 0 saturated heterocycles. The average Bonchev–Trinajstić information content (AvgIpc) is 2.37. The van der Waals surface area contributed by atoms with Gasteiger partial charge in [-0.2, -0.15) is 0 Å². The van der Waals surface area contributed by atoms with Crippen LogP contribution in [0.1, 0.15) is 0 Å². The first kappa shape index (κ1) is 14.1. The third-order valence-corrected chi connectivity index (χ3v) is 1.94. The van der Waals surface area contributed by atoms with Crippen LogP contribution in [0.3, 0.4) is 0 Å². The molecule has 0 spiro atoms. The van der Waals surface area contributed by atoms with Gasteiger partial charge in [0.05, 0.1) is 0 Å². The molecule has 1 aromatic heterocycles. The third kappa shape index (κ3) is 2.82. The zero-order chi connectivity index (χ0) is 14.6. The first-order valence-corrected chi connectivity index (χ1v) is 4.63. The fraction of sp³-hybridized carbons (Fsp3) is 0. The van der Waals surface area contributed by atoms with Crippen LogP contribution in [0.2, 0.25) is 0 Å². The maximum atomic E-state index is 11.0. The molecule has 0 atom stereocenters. The summed E-state index contributed by atoms with van der Waals surface area (Å²) in [5, 5.41) is 3.02. The number of hydrazine groups is 2. The van der Waals surface area contributed by atoms with Gasteiger partial charge in [-0.15, -0.1) is 0 Å². The normalized spacial score (nSPS) is 9.58. The number of nitrogens with one attached hydrogen (secondary N) is 1. The lowest BCUT2D eigenvalue weighted by Crippen LogP contribution is -2.45. The Morgan fingerprint density at radius 1 is 1.11 bits per heavy atom. The van der Waals surface area contributed by atoms with Gasteiger partial charge in [-0.1, -0.05) is 0 Å². The summed E-state index contributed by atoms with van der Waals surface area (Å²) < 4.78 is 0. The lowest BCUT2D eigenvalue weighted by molar-refractivity contribution is -0.105. The van der Waals surface area contributed by atoms with E-state index in [1.54, 1.807) is 0 Å². The molecule has 5 amide bonds. The van der Waals surface area contributed by atoms with E-state index >= 15 is 0 Å². The molecular formula is C7H11N9O3. The molecule has 0 unspecified atom stereocenters. The lowest BCUT2D eigenvalue weighted by atomic mass is 10.4. The molecule has 1 rings (SSSR count). The van der Waals surface area contributed by atoms with Gasteiger partial charge in [-0.25, -0.2) is 41.3 Å². The second-order valence-corrected chi connectivity index (χ2v) is 3.07. The summed E-state index contributed by atoms with van der Waals surface area (Å²) >= 11 is 0. The third-order valence-electron chi connectivity index (χ3n) is 1.94. The lowest BCUT2D eigenvalue weighted by Gasteiger charge is -2.20. The largest absolute Gasteiger partial charge is 0.350 e. The second-order valence-electron chi connectivity index (χ2n) is 3.07. The Bertz CT molecular complexity index is 480. The first-order valence-electron chi connectivity index (χ1n) is 4.63. The summed E-state index contributed by atoms with van der Waals surface area (Å²) in [4.78, 5) is 39.8. The molecular weight excluding hydrogens is 258 g/mol. The summed E-state index contributed by atoms with van der Waals surface area (Å²) in [6.07, 6.45) is 1.20. The van der Waals surface area contributed by atoms with Crippen molar-refractivity contribution in [2.45, 2.75) is 0 Å². The molecule has 0 radical (unpaired) electrons. The van der Waals surface area contributed by atoms with Crippen molar-refractivity contribution in [3.63, 3.8) is 0 Å². The Kier molecular flexibility index (Phi) is 4.12. The summed E-state index contributed by atoms with van der Waals surface area (Å²) in [5.74, 6) is 10.2. The topological polar surface area (TPSA) is 200 Å². The van der Waals surface area contributed by atoms with E-state index in [1.165, 1.54) is 0 Å². The predicted molar refractivity (Wildman–Crippen MR) is 64.2 cm³/mol. The van der Waals surface area contributed by atoms with Crippen LogP contribution in [0.25, 0.3) is 0 Å². The fourth-order valence-corrected chi connectivity index (χ4v) is 1.13. The van der Waals surface area contributed by atoms with Gasteiger partial charge in [0.15, 0.2) is 11.6 Å². The minimum Gasteiger partial charge on any atom is -0.350 e. The van der Waals surface area contributed by atoms with Gasteiger partial charge in [0.2, 0.25) is 6.41 Å². The SMILES string of the molecule is NC(=O)N(N)c1ncnc(N(N)C(N)=O)c1NC=O. The Hall–Kier alpha value is -2.99. The van der Waals surface area contributed by atoms with Crippen molar-refractivity contribution in [3.05, 3.63) is 6.33 Å². The molecule has 12 heteroatoms. The second kappa shape index (κ2) is 5.56. The van der Waals surface area contributed by atoms with Crippen LogP contribution in [-0.2, 0) is 4.79 Å². The van der Waals surface area contributed by atoms with Crippen molar-refractivity contribution in [1.82, 2.24) is 9.97 Å². The van der Waals surface area contributed by atoms with Crippen LogP contribution in [0.5, 0.6) is 0 Å². The van der Waals surface area contributed by atoms with E-state index in [4.69, 9.17) is 23.2 Å². The van der Waals surface area contributed by atoms with Crippen molar-refractivity contribution >= 4 is 35.8 Å². The molecule has 9 N–H and O–H groups in total. The van der Waals surface area contributed by atoms with E-state index < -0.39 is 12.1 Å². The molecule has 0 aliphatic heterocycles. The molecule has 0 aromatic carbocycles. The number of carbonyl (C=O) groups excluding carboxylic acids is 3. The van der Waals surface area contributed by atoms with Crippen molar-refractivity contribution < 1.29 is 14.4 Å². The van der Waals surface area contributed by atoms with E-state index in [0.717, 1.165) is 6.33 Å². The quantitative estimate of drug-likeness (QED) is 0.173. The van der Waals surface area contributed by atoms with Gasteiger partial charge in [-0.05, 0) is 0 Å². The Morgan fingerprint density at radius 3 is 1.84 bits per heavy atom. The van der Waals surface area contributed by atoms with E-state index in [9.17, 15) is 14.4 Å². The maximum Gasteiger partial charge on any atom is 0.335 e. The molecule has 1 aromatic rings. The number of carbonyl (C=O) groups is 3. The number of rotatable bonds is 4. The van der Waals surface area contributed by atoms with Crippen molar-refractivity contribution in [2.75, 3.05) is 15.3 Å². The van der Waals surface area contributed by atoms with Crippen LogP contribution in [0, 0.1) is 0 Å². The number of aromatic nitrogens is 2. The monoisotopic (exact) mass is 269 g/mol. The van der Waals surface area contributed by atoms with Gasteiger partial charge in [0, 0.05) is 0 Å². The Balaban J connectivity index is 3.40. The number of urea groups is 2. The van der Waals surface area contributed by atoms with Gasteiger partial charge in [0.25, 0.3) is 0 Å². The van der Waals surface area contributed by atoms with Gasteiger partial charge in [0.1, 0.15) is 12.0 Å². The molecule has 102 valence electrons. The van der Waals surface area contributed by atoms with Crippen LogP contribution < -0.4 is 38.5 Å². The zero-order valence-corrected chi connectivity index (χ0v) is 9.48. The van der Waals surface area contributed by atoms with E-state index in [0.29, 0.717) is 10.0 Å². The number of primary amides is 2. The number of nitrogens with two attached hydrogens (primary N) is 4. The van der Waals surface area contributed by atoms with Gasteiger partial charge in [-0.3, -0.25) is 4.79 Å².